The number of aromatic nitrogens is 3. The highest BCUT2D eigenvalue weighted by Crippen LogP contribution is 2.53. The Kier molecular flexibility index (Phi) is 2.82. The molecule has 4 aliphatic rings. The van der Waals surface area contributed by atoms with Crippen molar-refractivity contribution in [2.75, 3.05) is 0 Å². The van der Waals surface area contributed by atoms with Crippen molar-refractivity contribution in [2.24, 2.45) is 23.7 Å². The summed E-state index contributed by atoms with van der Waals surface area (Å²) in [5.74, 6) is 3.22. The summed E-state index contributed by atoms with van der Waals surface area (Å²) < 4.78 is 1.68. The highest BCUT2D eigenvalue weighted by molar-refractivity contribution is 5.99. The first-order chi connectivity index (χ1) is 11.2. The highest BCUT2D eigenvalue weighted by atomic mass is 16.1. The number of carbonyl (C=O) groups excluding carboxylic acids is 1. The Hall–Kier alpha value is -1.91. The van der Waals surface area contributed by atoms with Gasteiger partial charge in [0.1, 0.15) is 5.56 Å². The lowest BCUT2D eigenvalue weighted by atomic mass is 9.54. The fourth-order valence-electron chi connectivity index (χ4n) is 5.51. The lowest BCUT2D eigenvalue weighted by Crippen LogP contribution is -2.55. The number of aryl methyl sites for hydroxylation is 1. The van der Waals surface area contributed by atoms with E-state index in [0.717, 1.165) is 17.5 Å². The maximum atomic E-state index is 12.8. The average molecular weight is 310 g/mol. The molecule has 5 heteroatoms. The second-order valence-corrected chi connectivity index (χ2v) is 7.83. The molecule has 0 spiro atoms. The van der Waals surface area contributed by atoms with E-state index in [4.69, 9.17) is 0 Å². The molecule has 6 rings (SSSR count). The summed E-state index contributed by atoms with van der Waals surface area (Å²) in [4.78, 5) is 17.3. The van der Waals surface area contributed by atoms with Crippen LogP contribution in [0.2, 0.25) is 0 Å². The van der Waals surface area contributed by atoms with Crippen molar-refractivity contribution in [3.05, 3.63) is 29.7 Å². The molecule has 5 nitrogen and oxygen atoms in total. The molecule has 0 unspecified atom stereocenters. The van der Waals surface area contributed by atoms with Gasteiger partial charge in [-0.25, -0.2) is 9.50 Å². The summed E-state index contributed by atoms with van der Waals surface area (Å²) in [6.45, 7) is 1.94. The van der Waals surface area contributed by atoms with Crippen LogP contribution in [0.3, 0.4) is 0 Å². The zero-order valence-electron chi connectivity index (χ0n) is 13.4. The van der Waals surface area contributed by atoms with Gasteiger partial charge < -0.3 is 5.32 Å². The normalized spacial score (nSPS) is 34.9. The topological polar surface area (TPSA) is 59.3 Å². The first kappa shape index (κ1) is 13.5. The summed E-state index contributed by atoms with van der Waals surface area (Å²) in [6.07, 6.45) is 10.2. The third kappa shape index (κ3) is 2.09. The molecule has 2 heterocycles. The molecule has 4 saturated carbocycles. The minimum absolute atomic E-state index is 0.00410. The SMILES string of the molecule is Cc1ccn2ncc(C(=O)NC3C4CC5CC(C4)CC3C5)c2n1. The van der Waals surface area contributed by atoms with Gasteiger partial charge in [0.05, 0.1) is 6.20 Å². The van der Waals surface area contributed by atoms with Crippen molar-refractivity contribution in [3.8, 4) is 0 Å². The van der Waals surface area contributed by atoms with Crippen LogP contribution in [0.15, 0.2) is 18.5 Å². The van der Waals surface area contributed by atoms with Gasteiger partial charge in [-0.15, -0.1) is 0 Å². The van der Waals surface area contributed by atoms with Gasteiger partial charge in [-0.1, -0.05) is 0 Å². The van der Waals surface area contributed by atoms with Crippen LogP contribution in [0.1, 0.15) is 48.2 Å². The first-order valence-corrected chi connectivity index (χ1v) is 8.79. The number of amides is 1. The monoisotopic (exact) mass is 310 g/mol. The van der Waals surface area contributed by atoms with Gasteiger partial charge in [0.25, 0.3) is 5.91 Å². The fourth-order valence-corrected chi connectivity index (χ4v) is 5.51. The summed E-state index contributed by atoms with van der Waals surface area (Å²) in [7, 11) is 0. The molecule has 0 radical (unpaired) electrons. The number of hydrogen-bond donors (Lipinski definition) is 1. The number of nitrogens with one attached hydrogen (secondary N) is 1. The third-order valence-corrected chi connectivity index (χ3v) is 6.28. The van der Waals surface area contributed by atoms with Crippen molar-refractivity contribution in [1.82, 2.24) is 19.9 Å². The number of nitrogens with zero attached hydrogens (tertiary/aromatic N) is 3. The van der Waals surface area contributed by atoms with E-state index in [0.29, 0.717) is 29.1 Å². The zero-order valence-corrected chi connectivity index (χ0v) is 13.4. The highest BCUT2D eigenvalue weighted by Gasteiger charge is 2.48. The maximum absolute atomic E-state index is 12.8. The van der Waals surface area contributed by atoms with E-state index in [-0.39, 0.29) is 5.91 Å². The largest absolute Gasteiger partial charge is 0.349 e. The molecule has 2 aromatic rings. The van der Waals surface area contributed by atoms with E-state index in [9.17, 15) is 4.79 Å². The molecule has 4 aliphatic carbocycles. The number of carbonyl (C=O) groups is 1. The van der Waals surface area contributed by atoms with E-state index in [1.54, 1.807) is 10.7 Å². The average Bonchev–Trinajstić information content (AvgIpc) is 2.93. The molecule has 1 N–H and O–H groups in total. The Bertz CT molecular complexity index is 752. The Morgan fingerprint density at radius 2 is 1.87 bits per heavy atom. The van der Waals surface area contributed by atoms with Crippen LogP contribution in [-0.2, 0) is 0 Å². The van der Waals surface area contributed by atoms with Crippen LogP contribution in [0.5, 0.6) is 0 Å². The molecule has 0 aromatic carbocycles. The molecular weight excluding hydrogens is 288 g/mol. The summed E-state index contributed by atoms with van der Waals surface area (Å²) in [5, 5.41) is 7.60. The molecule has 0 atom stereocenters. The molecule has 4 fully saturated rings. The van der Waals surface area contributed by atoms with Crippen molar-refractivity contribution < 1.29 is 4.79 Å². The minimum Gasteiger partial charge on any atom is -0.349 e. The first-order valence-electron chi connectivity index (χ1n) is 8.79. The lowest BCUT2D eigenvalue weighted by Gasteiger charge is -2.54. The second-order valence-electron chi connectivity index (χ2n) is 7.83. The zero-order chi connectivity index (χ0) is 15.6. The molecule has 0 saturated heterocycles. The standard InChI is InChI=1S/C18H22N4O/c1-10-2-3-22-17(20-10)15(9-19-22)18(23)21-16-13-5-11-4-12(7-13)8-14(16)6-11/h2-3,9,11-14,16H,4-8H2,1H3,(H,21,23). The van der Waals surface area contributed by atoms with Crippen LogP contribution in [0.25, 0.3) is 5.65 Å². The quantitative estimate of drug-likeness (QED) is 0.927. The van der Waals surface area contributed by atoms with Crippen molar-refractivity contribution in [3.63, 3.8) is 0 Å². The lowest BCUT2D eigenvalue weighted by molar-refractivity contribution is -0.0119. The number of fused-ring (bicyclic) bond motifs is 1. The van der Waals surface area contributed by atoms with Crippen molar-refractivity contribution in [1.29, 1.82) is 0 Å². The van der Waals surface area contributed by atoms with Crippen LogP contribution in [0, 0.1) is 30.6 Å². The molecule has 2 aromatic heterocycles. The predicted octanol–water partition coefficient (Wildman–Crippen LogP) is 2.59. The van der Waals surface area contributed by atoms with Crippen molar-refractivity contribution in [2.45, 2.75) is 45.1 Å². The van der Waals surface area contributed by atoms with Crippen molar-refractivity contribution >= 4 is 11.6 Å². The van der Waals surface area contributed by atoms with Gasteiger partial charge in [0.2, 0.25) is 0 Å². The molecule has 120 valence electrons. The van der Waals surface area contributed by atoms with E-state index in [1.807, 2.05) is 19.2 Å². The Labute approximate surface area is 135 Å². The molecule has 23 heavy (non-hydrogen) atoms. The molecular formula is C18H22N4O. The summed E-state index contributed by atoms with van der Waals surface area (Å²) in [5.41, 5.74) is 2.16. The molecule has 4 bridgehead atoms. The number of rotatable bonds is 2. The predicted molar refractivity (Wildman–Crippen MR) is 86.0 cm³/mol. The van der Waals surface area contributed by atoms with E-state index < -0.39 is 0 Å². The molecule has 0 aliphatic heterocycles. The fraction of sp³-hybridized carbons (Fsp3) is 0.611. The Morgan fingerprint density at radius 3 is 2.57 bits per heavy atom. The summed E-state index contributed by atoms with van der Waals surface area (Å²) >= 11 is 0. The van der Waals surface area contributed by atoms with E-state index >= 15 is 0 Å². The van der Waals surface area contributed by atoms with Gasteiger partial charge in [-0.05, 0) is 68.8 Å². The van der Waals surface area contributed by atoms with Crippen LogP contribution in [0.4, 0.5) is 0 Å². The van der Waals surface area contributed by atoms with Gasteiger partial charge in [0.15, 0.2) is 5.65 Å². The minimum atomic E-state index is -0.00410. The maximum Gasteiger partial charge on any atom is 0.257 e. The molecule has 1 amide bonds. The van der Waals surface area contributed by atoms with Gasteiger partial charge >= 0.3 is 0 Å². The van der Waals surface area contributed by atoms with Gasteiger partial charge in [0, 0.05) is 17.9 Å². The smallest absolute Gasteiger partial charge is 0.257 e. The Morgan fingerprint density at radius 1 is 1.17 bits per heavy atom. The van der Waals surface area contributed by atoms with Crippen LogP contribution in [-0.4, -0.2) is 26.5 Å². The summed E-state index contributed by atoms with van der Waals surface area (Å²) in [6, 6.07) is 2.26. The van der Waals surface area contributed by atoms with Gasteiger partial charge in [-0.2, -0.15) is 5.10 Å². The van der Waals surface area contributed by atoms with Crippen LogP contribution >= 0.6 is 0 Å². The third-order valence-electron chi connectivity index (χ3n) is 6.28. The van der Waals surface area contributed by atoms with E-state index in [2.05, 4.69) is 15.4 Å². The Balaban J connectivity index is 1.41. The van der Waals surface area contributed by atoms with E-state index in [1.165, 1.54) is 32.1 Å². The van der Waals surface area contributed by atoms with Gasteiger partial charge in [-0.3, -0.25) is 4.79 Å². The second kappa shape index (κ2) is 4.79. The van der Waals surface area contributed by atoms with Crippen LogP contribution < -0.4 is 5.32 Å². The number of hydrogen-bond acceptors (Lipinski definition) is 3.